The molecule has 0 unspecified atom stereocenters. The molecule has 28 heavy (non-hydrogen) atoms. The van der Waals surface area contributed by atoms with Crippen LogP contribution in [0.25, 0.3) is 0 Å². The van der Waals surface area contributed by atoms with E-state index >= 15 is 0 Å². The van der Waals surface area contributed by atoms with E-state index in [0.717, 1.165) is 38.4 Å². The van der Waals surface area contributed by atoms with Crippen LogP contribution in [0.5, 0.6) is 11.5 Å². The lowest BCUT2D eigenvalue weighted by atomic mass is 9.94. The van der Waals surface area contributed by atoms with Gasteiger partial charge in [0, 0.05) is 25.2 Å². The van der Waals surface area contributed by atoms with Crippen molar-refractivity contribution in [2.45, 2.75) is 47.7 Å². The lowest BCUT2D eigenvalue weighted by Gasteiger charge is -2.31. The van der Waals surface area contributed by atoms with Gasteiger partial charge in [-0.3, -0.25) is 4.72 Å². The van der Waals surface area contributed by atoms with Gasteiger partial charge >= 0.3 is 0 Å². The number of nitrogens with one attached hydrogen (secondary N) is 1. The Morgan fingerprint density at radius 3 is 2.18 bits per heavy atom. The minimum absolute atomic E-state index is 0.246. The van der Waals surface area contributed by atoms with Crippen molar-refractivity contribution in [3.05, 3.63) is 42.5 Å². The molecule has 1 heterocycles. The van der Waals surface area contributed by atoms with Crippen molar-refractivity contribution in [2.24, 2.45) is 0 Å². The van der Waals surface area contributed by atoms with E-state index in [-0.39, 0.29) is 15.5 Å². The minimum Gasteiger partial charge on any atom is -0.448 e. The van der Waals surface area contributed by atoms with Gasteiger partial charge in [-0.2, -0.15) is 0 Å². The second-order valence-corrected chi connectivity index (χ2v) is 10.8. The number of anilines is 1. The van der Waals surface area contributed by atoms with Crippen LogP contribution in [0.3, 0.4) is 0 Å². The van der Waals surface area contributed by atoms with Crippen molar-refractivity contribution in [1.29, 1.82) is 0 Å². The molecule has 2 aromatic rings. The first-order valence-corrected chi connectivity index (χ1v) is 12.4. The van der Waals surface area contributed by atoms with Gasteiger partial charge in [-0.15, -0.1) is 0 Å². The molecule has 0 bridgehead atoms. The summed E-state index contributed by atoms with van der Waals surface area (Å²) in [6, 6.07) is 10.3. The maximum atomic E-state index is 12.8. The van der Waals surface area contributed by atoms with Crippen LogP contribution in [0.15, 0.2) is 52.3 Å². The van der Waals surface area contributed by atoms with Gasteiger partial charge in [0.2, 0.25) is 0 Å². The molecule has 0 radical (unpaired) electrons. The summed E-state index contributed by atoms with van der Waals surface area (Å²) in [7, 11) is -7.80. The first-order valence-electron chi connectivity index (χ1n) is 9.03. The van der Waals surface area contributed by atoms with Gasteiger partial charge in [-0.05, 0) is 37.1 Å². The predicted molar refractivity (Wildman–Crippen MR) is 104 cm³/mol. The van der Waals surface area contributed by atoms with Crippen LogP contribution in [-0.2, 0) is 19.9 Å². The van der Waals surface area contributed by atoms with Crippen LogP contribution in [-0.4, -0.2) is 28.9 Å². The minimum atomic E-state index is -4.10. The van der Waals surface area contributed by atoms with Gasteiger partial charge < -0.3 is 9.47 Å². The van der Waals surface area contributed by atoms with Gasteiger partial charge in [0.1, 0.15) is 4.90 Å². The SMILES string of the molecule is CS(=O)(=O)c1ccccc1S(=O)(=O)Nc1ccc2c(c1)OC1(CCCCC1)O2. The highest BCUT2D eigenvalue weighted by Crippen LogP contribution is 2.46. The van der Waals surface area contributed by atoms with Crippen LogP contribution in [0.2, 0.25) is 0 Å². The average molecular weight is 424 g/mol. The third kappa shape index (κ3) is 3.56. The third-order valence-corrected chi connectivity index (χ3v) is 7.66. The monoisotopic (exact) mass is 423 g/mol. The zero-order chi connectivity index (χ0) is 20.0. The van der Waals surface area contributed by atoms with Crippen LogP contribution >= 0.6 is 0 Å². The van der Waals surface area contributed by atoms with Gasteiger partial charge in [-0.25, -0.2) is 16.8 Å². The van der Waals surface area contributed by atoms with Gasteiger partial charge in [-0.1, -0.05) is 18.6 Å². The average Bonchev–Trinajstić information content (AvgIpc) is 2.98. The Labute approximate surface area is 164 Å². The molecule has 2 aromatic carbocycles. The van der Waals surface area contributed by atoms with Crippen molar-refractivity contribution in [2.75, 3.05) is 11.0 Å². The summed E-state index contributed by atoms with van der Waals surface area (Å²) in [5.41, 5.74) is 0.276. The maximum Gasteiger partial charge on any atom is 0.263 e. The number of sulfonamides is 1. The van der Waals surface area contributed by atoms with E-state index < -0.39 is 25.6 Å². The molecular weight excluding hydrogens is 402 g/mol. The zero-order valence-electron chi connectivity index (χ0n) is 15.3. The van der Waals surface area contributed by atoms with Gasteiger partial charge in [0.25, 0.3) is 15.8 Å². The summed E-state index contributed by atoms with van der Waals surface area (Å²) >= 11 is 0. The number of benzene rings is 2. The fourth-order valence-corrected chi connectivity index (χ4v) is 6.32. The Morgan fingerprint density at radius 1 is 0.857 bits per heavy atom. The molecule has 1 N–H and O–H groups in total. The molecule has 1 saturated carbocycles. The summed E-state index contributed by atoms with van der Waals surface area (Å²) in [4.78, 5) is -0.539. The van der Waals surface area contributed by atoms with Crippen LogP contribution in [0.4, 0.5) is 5.69 Å². The van der Waals surface area contributed by atoms with Crippen molar-refractivity contribution in [3.63, 3.8) is 0 Å². The smallest absolute Gasteiger partial charge is 0.263 e. The van der Waals surface area contributed by atoms with E-state index in [9.17, 15) is 16.8 Å². The van der Waals surface area contributed by atoms with E-state index in [2.05, 4.69) is 4.72 Å². The second-order valence-electron chi connectivity index (χ2n) is 7.16. The molecule has 2 aliphatic rings. The first-order chi connectivity index (χ1) is 13.2. The Kier molecular flexibility index (Phi) is 4.54. The van der Waals surface area contributed by atoms with E-state index in [4.69, 9.17) is 9.47 Å². The van der Waals surface area contributed by atoms with Crippen LogP contribution in [0.1, 0.15) is 32.1 Å². The van der Waals surface area contributed by atoms with Crippen LogP contribution in [0, 0.1) is 0 Å². The Bertz CT molecular complexity index is 1120. The van der Waals surface area contributed by atoms with Gasteiger partial charge in [0.05, 0.1) is 10.6 Å². The number of rotatable bonds is 4. The number of sulfone groups is 1. The largest absolute Gasteiger partial charge is 0.448 e. The van der Waals surface area contributed by atoms with E-state index in [1.165, 1.54) is 24.3 Å². The summed E-state index contributed by atoms with van der Waals surface area (Å²) in [6.45, 7) is 0. The molecule has 0 amide bonds. The van der Waals surface area contributed by atoms with Crippen molar-refractivity contribution >= 4 is 25.5 Å². The standard InChI is InChI=1S/C19H21NO6S2/c1-27(21,22)17-7-3-4-8-18(17)28(23,24)20-14-9-10-15-16(13-14)26-19(25-15)11-5-2-6-12-19/h3-4,7-10,13,20H,2,5-6,11-12H2,1H3. The fraction of sp³-hybridized carbons (Fsp3) is 0.368. The molecule has 7 nitrogen and oxygen atoms in total. The lowest BCUT2D eigenvalue weighted by Crippen LogP contribution is -2.40. The number of fused-ring (bicyclic) bond motifs is 1. The van der Waals surface area contributed by atoms with E-state index in [1.54, 1.807) is 18.2 Å². The number of ether oxygens (including phenoxy) is 2. The second kappa shape index (κ2) is 6.66. The van der Waals surface area contributed by atoms with Crippen molar-refractivity contribution in [3.8, 4) is 11.5 Å². The Balaban J connectivity index is 1.62. The molecule has 9 heteroatoms. The normalized spacial score (nSPS) is 18.2. The topological polar surface area (TPSA) is 98.8 Å². The number of hydrogen-bond acceptors (Lipinski definition) is 6. The van der Waals surface area contributed by atoms with E-state index in [0.29, 0.717) is 11.5 Å². The highest BCUT2D eigenvalue weighted by atomic mass is 32.2. The Hall–Kier alpha value is -2.26. The molecule has 0 aromatic heterocycles. The molecule has 150 valence electrons. The molecule has 1 spiro atoms. The Morgan fingerprint density at radius 2 is 1.50 bits per heavy atom. The molecule has 1 fully saturated rings. The highest BCUT2D eigenvalue weighted by Gasteiger charge is 2.42. The summed E-state index contributed by atoms with van der Waals surface area (Å²) < 4.78 is 64.0. The molecule has 1 aliphatic carbocycles. The lowest BCUT2D eigenvalue weighted by molar-refractivity contribution is -0.105. The molecule has 1 aliphatic heterocycles. The summed E-state index contributed by atoms with van der Waals surface area (Å²) in [5, 5.41) is 0. The zero-order valence-corrected chi connectivity index (χ0v) is 17.0. The van der Waals surface area contributed by atoms with Crippen LogP contribution < -0.4 is 14.2 Å². The highest BCUT2D eigenvalue weighted by molar-refractivity contribution is 7.95. The van der Waals surface area contributed by atoms with Crippen molar-refractivity contribution in [1.82, 2.24) is 0 Å². The third-order valence-electron chi connectivity index (χ3n) is 4.94. The molecule has 0 saturated heterocycles. The predicted octanol–water partition coefficient (Wildman–Crippen LogP) is 3.32. The van der Waals surface area contributed by atoms with E-state index in [1.807, 2.05) is 0 Å². The summed E-state index contributed by atoms with van der Waals surface area (Å²) in [5.74, 6) is 0.418. The quantitative estimate of drug-likeness (QED) is 0.810. The first kappa shape index (κ1) is 19.1. The summed E-state index contributed by atoms with van der Waals surface area (Å²) in [6.07, 6.45) is 5.77. The maximum absolute atomic E-state index is 12.8. The molecule has 0 atom stereocenters. The number of hydrogen-bond donors (Lipinski definition) is 1. The molecular formula is C19H21NO6S2. The molecule has 4 rings (SSSR count). The fourth-order valence-electron chi connectivity index (χ4n) is 3.64. The van der Waals surface area contributed by atoms with Gasteiger partial charge in [0.15, 0.2) is 21.3 Å². The van der Waals surface area contributed by atoms with Crippen molar-refractivity contribution < 1.29 is 26.3 Å².